The third-order valence-corrected chi connectivity index (χ3v) is 2.77. The van der Waals surface area contributed by atoms with E-state index in [4.69, 9.17) is 0 Å². The maximum atomic E-state index is 13.3. The summed E-state index contributed by atoms with van der Waals surface area (Å²) < 4.78 is 13.3. The number of aromatic nitrogens is 1. The molecule has 2 heterocycles. The van der Waals surface area contributed by atoms with Gasteiger partial charge in [-0.1, -0.05) is 0 Å². The zero-order chi connectivity index (χ0) is 12.3. The fourth-order valence-corrected chi connectivity index (χ4v) is 1.68. The van der Waals surface area contributed by atoms with Gasteiger partial charge in [0.1, 0.15) is 0 Å². The van der Waals surface area contributed by atoms with Crippen LogP contribution in [0.5, 0.6) is 0 Å². The molecule has 0 saturated carbocycles. The second-order valence-corrected chi connectivity index (χ2v) is 4.07. The Labute approximate surface area is 99.2 Å². The van der Waals surface area contributed by atoms with Gasteiger partial charge in [-0.3, -0.25) is 10.2 Å². The molecule has 6 heteroatoms. The average molecular weight is 238 g/mol. The van der Waals surface area contributed by atoms with Crippen molar-refractivity contribution < 1.29 is 9.18 Å². The molecule has 1 aromatic heterocycles. The lowest BCUT2D eigenvalue weighted by atomic mass is 10.2. The smallest absolute Gasteiger partial charge is 0.270 e. The Morgan fingerprint density at radius 1 is 1.41 bits per heavy atom. The van der Waals surface area contributed by atoms with E-state index in [0.717, 1.165) is 26.2 Å². The first-order chi connectivity index (χ1) is 8.16. The Morgan fingerprint density at radius 3 is 2.76 bits per heavy atom. The lowest BCUT2D eigenvalue weighted by Gasteiger charge is -2.32. The Morgan fingerprint density at radius 2 is 2.12 bits per heavy atom. The first kappa shape index (κ1) is 11.9. The van der Waals surface area contributed by atoms with E-state index in [1.807, 2.05) is 7.05 Å². The zero-order valence-corrected chi connectivity index (χ0v) is 9.69. The molecule has 1 aliphatic heterocycles. The molecule has 0 aliphatic carbocycles. The molecule has 0 atom stereocenters. The van der Waals surface area contributed by atoms with Crippen molar-refractivity contribution in [3.63, 3.8) is 0 Å². The van der Waals surface area contributed by atoms with Gasteiger partial charge in [-0.25, -0.2) is 9.99 Å². The first-order valence-electron chi connectivity index (χ1n) is 5.52. The zero-order valence-electron chi connectivity index (χ0n) is 9.69. The number of carbonyl (C=O) groups is 1. The summed E-state index contributed by atoms with van der Waals surface area (Å²) in [5.41, 5.74) is 2.66. The number of pyridine rings is 1. The van der Waals surface area contributed by atoms with Crippen LogP contribution in [0.3, 0.4) is 0 Å². The van der Waals surface area contributed by atoms with Crippen molar-refractivity contribution in [2.24, 2.45) is 0 Å². The van der Waals surface area contributed by atoms with Crippen LogP contribution in [-0.4, -0.2) is 54.0 Å². The monoisotopic (exact) mass is 238 g/mol. The maximum absolute atomic E-state index is 13.3. The van der Waals surface area contributed by atoms with Crippen LogP contribution in [0.25, 0.3) is 0 Å². The summed E-state index contributed by atoms with van der Waals surface area (Å²) >= 11 is 0. The Bertz CT molecular complexity index is 404. The molecular weight excluding hydrogens is 223 g/mol. The number of rotatable bonds is 2. The Balaban J connectivity index is 1.96. The van der Waals surface area contributed by atoms with E-state index in [9.17, 15) is 9.18 Å². The normalized spacial score (nSPS) is 18.0. The second kappa shape index (κ2) is 5.20. The van der Waals surface area contributed by atoms with E-state index in [-0.39, 0.29) is 5.56 Å². The van der Waals surface area contributed by atoms with Gasteiger partial charge in [0.15, 0.2) is 0 Å². The molecule has 1 saturated heterocycles. The molecule has 1 N–H and O–H groups in total. The molecule has 92 valence electrons. The number of nitrogens with one attached hydrogen (secondary N) is 1. The molecule has 1 aromatic rings. The first-order valence-corrected chi connectivity index (χ1v) is 5.52. The molecule has 2 rings (SSSR count). The molecule has 5 nitrogen and oxygen atoms in total. The summed E-state index contributed by atoms with van der Waals surface area (Å²) in [6.07, 6.45) is 1.32. The van der Waals surface area contributed by atoms with Crippen LogP contribution in [0.15, 0.2) is 18.3 Å². The molecule has 0 bridgehead atoms. The standard InChI is InChI=1S/C11H15FN4O/c1-15-5-7-16(8-6-15)14-11(17)9-3-2-4-13-10(9)12/h2-4H,5-8H2,1H3,(H,14,17). The highest BCUT2D eigenvalue weighted by atomic mass is 19.1. The van der Waals surface area contributed by atoms with Crippen LogP contribution in [0, 0.1) is 5.95 Å². The highest BCUT2D eigenvalue weighted by Gasteiger charge is 2.18. The molecule has 17 heavy (non-hydrogen) atoms. The minimum Gasteiger partial charge on any atom is -0.304 e. The summed E-state index contributed by atoms with van der Waals surface area (Å²) in [5.74, 6) is -1.18. The predicted octanol–water partition coefficient (Wildman–Crippen LogP) is 0.113. The number of halogens is 1. The van der Waals surface area contributed by atoms with E-state index in [1.54, 1.807) is 11.1 Å². The van der Waals surface area contributed by atoms with Crippen LogP contribution in [-0.2, 0) is 0 Å². The van der Waals surface area contributed by atoms with E-state index in [0.29, 0.717) is 0 Å². The fourth-order valence-electron chi connectivity index (χ4n) is 1.68. The number of hydrogen-bond donors (Lipinski definition) is 1. The number of nitrogens with zero attached hydrogens (tertiary/aromatic N) is 3. The van der Waals surface area contributed by atoms with Crippen molar-refractivity contribution in [2.45, 2.75) is 0 Å². The van der Waals surface area contributed by atoms with Crippen LogP contribution >= 0.6 is 0 Å². The molecule has 1 fully saturated rings. The van der Waals surface area contributed by atoms with Gasteiger partial charge >= 0.3 is 0 Å². The van der Waals surface area contributed by atoms with Gasteiger partial charge in [-0.15, -0.1) is 0 Å². The quantitative estimate of drug-likeness (QED) is 0.743. The second-order valence-electron chi connectivity index (χ2n) is 4.07. The fraction of sp³-hybridized carbons (Fsp3) is 0.455. The minimum atomic E-state index is -0.737. The number of piperazine rings is 1. The number of amides is 1. The van der Waals surface area contributed by atoms with Crippen molar-refractivity contribution in [3.8, 4) is 0 Å². The summed E-state index contributed by atoms with van der Waals surface area (Å²) in [6.45, 7) is 3.25. The van der Waals surface area contributed by atoms with Gasteiger partial charge in [0, 0.05) is 32.4 Å². The summed E-state index contributed by atoms with van der Waals surface area (Å²) in [4.78, 5) is 17.4. The third kappa shape index (κ3) is 2.98. The molecule has 1 amide bonds. The molecule has 0 unspecified atom stereocenters. The lowest BCUT2D eigenvalue weighted by Crippen LogP contribution is -2.52. The van der Waals surface area contributed by atoms with Gasteiger partial charge in [0.25, 0.3) is 5.91 Å². The van der Waals surface area contributed by atoms with Gasteiger partial charge < -0.3 is 4.90 Å². The highest BCUT2D eigenvalue weighted by molar-refractivity contribution is 5.93. The largest absolute Gasteiger partial charge is 0.304 e. The van der Waals surface area contributed by atoms with Gasteiger partial charge in [-0.05, 0) is 19.2 Å². The summed E-state index contributed by atoms with van der Waals surface area (Å²) in [7, 11) is 2.03. The van der Waals surface area contributed by atoms with Crippen molar-refractivity contribution in [2.75, 3.05) is 33.2 Å². The summed E-state index contributed by atoms with van der Waals surface area (Å²) in [5, 5.41) is 1.80. The Hall–Kier alpha value is -1.53. The van der Waals surface area contributed by atoms with E-state index in [2.05, 4.69) is 15.3 Å². The topological polar surface area (TPSA) is 48.5 Å². The van der Waals surface area contributed by atoms with Crippen molar-refractivity contribution in [1.29, 1.82) is 0 Å². The van der Waals surface area contributed by atoms with Crippen LogP contribution in [0.4, 0.5) is 4.39 Å². The SMILES string of the molecule is CN1CCN(NC(=O)c2cccnc2F)CC1. The molecule has 0 radical (unpaired) electrons. The van der Waals surface area contributed by atoms with Crippen molar-refractivity contribution >= 4 is 5.91 Å². The Kier molecular flexibility index (Phi) is 3.65. The highest BCUT2D eigenvalue weighted by Crippen LogP contribution is 2.04. The number of carbonyl (C=O) groups excluding carboxylic acids is 1. The maximum Gasteiger partial charge on any atom is 0.270 e. The van der Waals surface area contributed by atoms with E-state index in [1.165, 1.54) is 12.3 Å². The third-order valence-electron chi connectivity index (χ3n) is 2.77. The molecular formula is C11H15FN4O. The molecule has 0 spiro atoms. The van der Waals surface area contributed by atoms with Crippen molar-refractivity contribution in [1.82, 2.24) is 20.3 Å². The van der Waals surface area contributed by atoms with Gasteiger partial charge in [0.05, 0.1) is 5.56 Å². The molecule has 0 aromatic carbocycles. The van der Waals surface area contributed by atoms with Gasteiger partial charge in [0.2, 0.25) is 5.95 Å². The number of hydrogen-bond acceptors (Lipinski definition) is 4. The average Bonchev–Trinajstić information content (AvgIpc) is 2.32. The number of hydrazine groups is 1. The van der Waals surface area contributed by atoms with E-state index >= 15 is 0 Å². The van der Waals surface area contributed by atoms with Crippen LogP contribution in [0.1, 0.15) is 10.4 Å². The number of likely N-dealkylation sites (N-methyl/N-ethyl adjacent to an activating group) is 1. The molecule has 1 aliphatic rings. The van der Waals surface area contributed by atoms with Crippen LogP contribution in [0.2, 0.25) is 0 Å². The predicted molar refractivity (Wildman–Crippen MR) is 60.7 cm³/mol. The summed E-state index contributed by atoms with van der Waals surface area (Å²) in [6, 6.07) is 2.97. The van der Waals surface area contributed by atoms with Crippen LogP contribution < -0.4 is 5.43 Å². The lowest BCUT2D eigenvalue weighted by molar-refractivity contribution is 0.0658. The van der Waals surface area contributed by atoms with Gasteiger partial charge in [-0.2, -0.15) is 4.39 Å². The van der Waals surface area contributed by atoms with Crippen molar-refractivity contribution in [3.05, 3.63) is 29.8 Å². The van der Waals surface area contributed by atoms with E-state index < -0.39 is 11.9 Å². The minimum absolute atomic E-state index is 0.0218.